The first-order valence-corrected chi connectivity index (χ1v) is 10.2. The third kappa shape index (κ3) is 5.49. The van der Waals surface area contributed by atoms with E-state index in [0.29, 0.717) is 0 Å². The predicted molar refractivity (Wildman–Crippen MR) is 109 cm³/mol. The topological polar surface area (TPSA) is 99.2 Å². The molecule has 31 heavy (non-hydrogen) atoms. The van der Waals surface area contributed by atoms with Crippen molar-refractivity contribution in [2.45, 2.75) is 57.7 Å². The Kier molecular flexibility index (Phi) is 6.22. The largest absolute Gasteiger partial charge is 0.460 e. The Hall–Kier alpha value is -2.75. The lowest BCUT2D eigenvalue weighted by Crippen LogP contribution is -2.50. The van der Waals surface area contributed by atoms with Crippen LogP contribution in [-0.2, 0) is 14.3 Å². The van der Waals surface area contributed by atoms with Gasteiger partial charge in [-0.05, 0) is 33.6 Å². The van der Waals surface area contributed by atoms with E-state index in [2.05, 4.69) is 5.32 Å². The van der Waals surface area contributed by atoms with Gasteiger partial charge in [0.25, 0.3) is 0 Å². The Labute approximate surface area is 179 Å². The van der Waals surface area contributed by atoms with Crippen LogP contribution in [0, 0.1) is 11.6 Å². The molecule has 2 saturated heterocycles. The molecule has 0 bridgehead atoms. The number of nitrogens with one attached hydrogen (secondary N) is 1. The summed E-state index contributed by atoms with van der Waals surface area (Å²) < 4.78 is 34.8. The Morgan fingerprint density at radius 2 is 1.71 bits per heavy atom. The number of halogens is 2. The van der Waals surface area contributed by atoms with Gasteiger partial charge in [-0.2, -0.15) is 0 Å². The molecule has 0 aromatic heterocycles. The molecule has 0 aliphatic carbocycles. The zero-order valence-corrected chi connectivity index (χ0v) is 17.8. The standard InChI is InChI=1S/C21H27F2N3O5/c1-20(2,3)31-18(28)12-21(30)5-8-25(9-6-21)15-10-14(23)16(11-13(15)22)26-7-4-17(27)24-19(26)29/h10-11,30H,4-9,12H2,1-3H3,(H,24,27,29). The first-order chi connectivity index (χ1) is 14.4. The second-order valence-corrected chi connectivity index (χ2v) is 8.98. The van der Waals surface area contributed by atoms with Gasteiger partial charge in [-0.25, -0.2) is 13.6 Å². The highest BCUT2D eigenvalue weighted by Gasteiger charge is 2.37. The maximum Gasteiger partial charge on any atom is 0.328 e. The summed E-state index contributed by atoms with van der Waals surface area (Å²) in [4.78, 5) is 37.8. The third-order valence-corrected chi connectivity index (χ3v) is 5.29. The maximum atomic E-state index is 14.8. The highest BCUT2D eigenvalue weighted by atomic mass is 19.1. The number of benzene rings is 1. The molecular weight excluding hydrogens is 412 g/mol. The first kappa shape index (κ1) is 22.9. The fourth-order valence-electron chi connectivity index (χ4n) is 3.76. The van der Waals surface area contributed by atoms with Gasteiger partial charge in [0, 0.05) is 38.2 Å². The van der Waals surface area contributed by atoms with E-state index in [1.165, 1.54) is 0 Å². The number of ether oxygens (including phenoxy) is 1. The summed E-state index contributed by atoms with van der Waals surface area (Å²) in [5, 5.41) is 12.8. The minimum Gasteiger partial charge on any atom is -0.460 e. The van der Waals surface area contributed by atoms with E-state index in [0.717, 1.165) is 17.0 Å². The molecule has 2 aliphatic heterocycles. The molecule has 0 atom stereocenters. The summed E-state index contributed by atoms with van der Waals surface area (Å²) in [6.07, 6.45) is 0.199. The van der Waals surface area contributed by atoms with Crippen molar-refractivity contribution in [1.29, 1.82) is 0 Å². The number of nitrogens with zero attached hydrogens (tertiary/aromatic N) is 2. The van der Waals surface area contributed by atoms with E-state index in [1.54, 1.807) is 25.7 Å². The number of hydrogen-bond acceptors (Lipinski definition) is 6. The van der Waals surface area contributed by atoms with Crippen LogP contribution in [0.1, 0.15) is 46.5 Å². The van der Waals surface area contributed by atoms with Crippen LogP contribution in [-0.4, -0.2) is 53.9 Å². The summed E-state index contributed by atoms with van der Waals surface area (Å²) in [6, 6.07) is 1.14. The van der Waals surface area contributed by atoms with Crippen molar-refractivity contribution >= 4 is 29.3 Å². The van der Waals surface area contributed by atoms with E-state index < -0.39 is 40.7 Å². The monoisotopic (exact) mass is 439 g/mol. The molecule has 0 spiro atoms. The number of urea groups is 1. The summed E-state index contributed by atoms with van der Waals surface area (Å²) in [6.45, 7) is 5.61. The number of amides is 3. The Morgan fingerprint density at radius 1 is 1.13 bits per heavy atom. The van der Waals surface area contributed by atoms with Crippen molar-refractivity contribution in [2.24, 2.45) is 0 Å². The van der Waals surface area contributed by atoms with E-state index in [9.17, 15) is 28.3 Å². The molecule has 2 aliphatic rings. The summed E-state index contributed by atoms with van der Waals surface area (Å²) in [7, 11) is 0. The molecule has 3 amide bonds. The first-order valence-electron chi connectivity index (χ1n) is 10.2. The second-order valence-electron chi connectivity index (χ2n) is 8.98. The van der Waals surface area contributed by atoms with Gasteiger partial charge in [0.2, 0.25) is 5.91 Å². The Bertz CT molecular complexity index is 892. The van der Waals surface area contributed by atoms with Crippen molar-refractivity contribution in [3.05, 3.63) is 23.8 Å². The smallest absolute Gasteiger partial charge is 0.328 e. The van der Waals surface area contributed by atoms with Gasteiger partial charge < -0.3 is 14.7 Å². The zero-order chi connectivity index (χ0) is 23.0. The number of anilines is 2. The van der Waals surface area contributed by atoms with Gasteiger partial charge in [0.1, 0.15) is 17.2 Å². The molecule has 0 saturated carbocycles. The Balaban J connectivity index is 1.68. The molecule has 170 valence electrons. The number of esters is 1. The number of rotatable bonds is 4. The van der Waals surface area contributed by atoms with Gasteiger partial charge in [0.15, 0.2) is 0 Å². The van der Waals surface area contributed by atoms with Crippen LogP contribution in [0.4, 0.5) is 25.0 Å². The number of imide groups is 1. The normalized spacial score (nSPS) is 19.3. The predicted octanol–water partition coefficient (Wildman–Crippen LogP) is 2.47. The maximum absolute atomic E-state index is 14.8. The van der Waals surface area contributed by atoms with E-state index in [4.69, 9.17) is 4.74 Å². The molecule has 1 aromatic carbocycles. The highest BCUT2D eigenvalue weighted by Crippen LogP contribution is 2.34. The third-order valence-electron chi connectivity index (χ3n) is 5.29. The number of carbonyl (C=O) groups is 3. The summed E-state index contributed by atoms with van der Waals surface area (Å²) in [5.41, 5.74) is -2.17. The van der Waals surface area contributed by atoms with Crippen LogP contribution in [0.2, 0.25) is 0 Å². The van der Waals surface area contributed by atoms with Crippen LogP contribution in [0.25, 0.3) is 0 Å². The van der Waals surface area contributed by atoms with Crippen molar-refractivity contribution in [3.63, 3.8) is 0 Å². The van der Waals surface area contributed by atoms with Gasteiger partial charge in [0.05, 0.1) is 23.4 Å². The van der Waals surface area contributed by atoms with Crippen LogP contribution in [0.3, 0.4) is 0 Å². The number of hydrogen-bond donors (Lipinski definition) is 2. The lowest BCUT2D eigenvalue weighted by Gasteiger charge is -2.39. The lowest BCUT2D eigenvalue weighted by molar-refractivity contribution is -0.161. The average molecular weight is 439 g/mol. The minimum atomic E-state index is -1.27. The molecule has 2 fully saturated rings. The Morgan fingerprint density at radius 3 is 2.29 bits per heavy atom. The molecule has 3 rings (SSSR count). The molecular formula is C21H27F2N3O5. The second kappa shape index (κ2) is 8.41. The minimum absolute atomic E-state index is 0.00307. The van der Waals surface area contributed by atoms with Gasteiger partial charge >= 0.3 is 12.0 Å². The van der Waals surface area contributed by atoms with Crippen molar-refractivity contribution in [1.82, 2.24) is 5.32 Å². The molecule has 10 heteroatoms. The average Bonchev–Trinajstić information content (AvgIpc) is 2.62. The molecule has 2 N–H and O–H groups in total. The lowest BCUT2D eigenvalue weighted by atomic mass is 9.88. The van der Waals surface area contributed by atoms with E-state index >= 15 is 0 Å². The van der Waals surface area contributed by atoms with E-state index in [1.807, 2.05) is 0 Å². The number of piperidine rings is 1. The SMILES string of the molecule is CC(C)(C)OC(=O)CC1(O)CCN(c2cc(F)c(N3CCC(=O)NC3=O)cc2F)CC1. The van der Waals surface area contributed by atoms with Crippen LogP contribution < -0.4 is 15.1 Å². The van der Waals surface area contributed by atoms with Gasteiger partial charge in [-0.1, -0.05) is 0 Å². The van der Waals surface area contributed by atoms with Crippen molar-refractivity contribution in [2.75, 3.05) is 29.4 Å². The van der Waals surface area contributed by atoms with Gasteiger partial charge in [-0.3, -0.25) is 19.8 Å². The number of aliphatic hydroxyl groups is 1. The van der Waals surface area contributed by atoms with Crippen LogP contribution >= 0.6 is 0 Å². The quantitative estimate of drug-likeness (QED) is 0.700. The fourth-order valence-corrected chi connectivity index (χ4v) is 3.76. The van der Waals surface area contributed by atoms with Crippen LogP contribution in [0.15, 0.2) is 12.1 Å². The van der Waals surface area contributed by atoms with Crippen LogP contribution in [0.5, 0.6) is 0 Å². The molecule has 2 heterocycles. The van der Waals surface area contributed by atoms with E-state index in [-0.39, 0.29) is 56.7 Å². The molecule has 8 nitrogen and oxygen atoms in total. The molecule has 0 unspecified atom stereocenters. The zero-order valence-electron chi connectivity index (χ0n) is 17.8. The highest BCUT2D eigenvalue weighted by molar-refractivity contribution is 6.05. The van der Waals surface area contributed by atoms with Gasteiger partial charge in [-0.15, -0.1) is 0 Å². The summed E-state index contributed by atoms with van der Waals surface area (Å²) in [5.74, 6) is -2.50. The summed E-state index contributed by atoms with van der Waals surface area (Å²) >= 11 is 0. The molecule has 1 aromatic rings. The number of carbonyl (C=O) groups excluding carboxylic acids is 3. The molecule has 0 radical (unpaired) electrons. The van der Waals surface area contributed by atoms with Crippen molar-refractivity contribution < 1.29 is 33.0 Å². The van der Waals surface area contributed by atoms with Crippen molar-refractivity contribution in [3.8, 4) is 0 Å². The fraction of sp³-hybridized carbons (Fsp3) is 0.571.